The molecule has 1 N–H and O–H groups in total. The smallest absolute Gasteiger partial charge is 0.253 e. The Bertz CT molecular complexity index is 616. The highest BCUT2D eigenvalue weighted by molar-refractivity contribution is 5.94. The molecule has 0 saturated carbocycles. The molecule has 1 fully saturated rings. The predicted octanol–water partition coefficient (Wildman–Crippen LogP) is 2.40. The van der Waals surface area contributed by atoms with Crippen LogP contribution in [0.4, 0.5) is 0 Å². The number of hydrogen-bond donors (Lipinski definition) is 1. The first-order chi connectivity index (χ1) is 11.0. The molecule has 0 bridgehead atoms. The van der Waals surface area contributed by atoms with E-state index in [0.717, 1.165) is 47.8 Å². The summed E-state index contributed by atoms with van der Waals surface area (Å²) in [5.74, 6) is 1.66. The lowest BCUT2D eigenvalue weighted by molar-refractivity contribution is -0.129. The number of nitrogens with one attached hydrogen (secondary N) is 1. The van der Waals surface area contributed by atoms with Gasteiger partial charge in [0.05, 0.1) is 30.0 Å². The number of methoxy groups -OCH3 is 1. The maximum absolute atomic E-state index is 13.0. The number of aromatic nitrogens is 2. The highest BCUT2D eigenvalue weighted by atomic mass is 16.5. The first-order valence-electron chi connectivity index (χ1n) is 8.20. The van der Waals surface area contributed by atoms with Gasteiger partial charge in [0.15, 0.2) is 0 Å². The van der Waals surface area contributed by atoms with Crippen LogP contribution in [0, 0.1) is 13.8 Å². The summed E-state index contributed by atoms with van der Waals surface area (Å²) in [5, 5.41) is 0. The molecule has 23 heavy (non-hydrogen) atoms. The van der Waals surface area contributed by atoms with E-state index < -0.39 is 0 Å². The maximum atomic E-state index is 13.0. The van der Waals surface area contributed by atoms with Gasteiger partial charge in [-0.1, -0.05) is 0 Å². The van der Waals surface area contributed by atoms with Crippen molar-refractivity contribution < 1.29 is 14.3 Å². The molecule has 126 valence electrons. The van der Waals surface area contributed by atoms with Crippen LogP contribution in [0.3, 0.4) is 0 Å². The Morgan fingerprint density at radius 3 is 2.78 bits per heavy atom. The third-order valence-electron chi connectivity index (χ3n) is 4.89. The standard InChI is InChI=1S/C17H25N3O3/c1-10-11(2)19-16(18-10)15-8-13(22-4)9-20(15)17(21)14-6-5-7-23-12(14)3/h13,15H,5-9H2,1-4H3,(H,18,19)/t13-,15+/m1/s1. The fourth-order valence-corrected chi connectivity index (χ4v) is 3.35. The van der Waals surface area contributed by atoms with Crippen LogP contribution in [0.1, 0.15) is 49.4 Å². The van der Waals surface area contributed by atoms with Crippen molar-refractivity contribution in [3.63, 3.8) is 0 Å². The van der Waals surface area contributed by atoms with E-state index >= 15 is 0 Å². The van der Waals surface area contributed by atoms with Crippen molar-refractivity contribution in [2.24, 2.45) is 0 Å². The summed E-state index contributed by atoms with van der Waals surface area (Å²) in [6, 6.07) is -0.0675. The van der Waals surface area contributed by atoms with E-state index in [1.807, 2.05) is 25.7 Å². The van der Waals surface area contributed by atoms with Crippen molar-refractivity contribution in [2.75, 3.05) is 20.3 Å². The van der Waals surface area contributed by atoms with E-state index in [1.54, 1.807) is 7.11 Å². The SMILES string of the molecule is CO[C@@H]1C[C@@H](c2nc(C)c(C)[nH]2)N(C(=O)C2=C(C)OCCC2)C1. The van der Waals surface area contributed by atoms with Gasteiger partial charge in [-0.05, 0) is 33.6 Å². The summed E-state index contributed by atoms with van der Waals surface area (Å²) in [5.41, 5.74) is 2.81. The van der Waals surface area contributed by atoms with Gasteiger partial charge < -0.3 is 19.4 Å². The number of rotatable bonds is 3. The fourth-order valence-electron chi connectivity index (χ4n) is 3.35. The second kappa shape index (κ2) is 6.35. The zero-order chi connectivity index (χ0) is 16.6. The average molecular weight is 319 g/mol. The molecule has 1 aromatic heterocycles. The van der Waals surface area contributed by atoms with Crippen LogP contribution >= 0.6 is 0 Å². The lowest BCUT2D eigenvalue weighted by Gasteiger charge is -2.27. The molecule has 1 saturated heterocycles. The highest BCUT2D eigenvalue weighted by Crippen LogP contribution is 2.35. The molecule has 0 unspecified atom stereocenters. The van der Waals surface area contributed by atoms with Crippen LogP contribution < -0.4 is 0 Å². The summed E-state index contributed by atoms with van der Waals surface area (Å²) in [6.45, 7) is 7.15. The number of ether oxygens (including phenoxy) is 2. The molecular weight excluding hydrogens is 294 g/mol. The number of likely N-dealkylation sites (tertiary alicyclic amines) is 1. The second-order valence-electron chi connectivity index (χ2n) is 6.39. The minimum Gasteiger partial charge on any atom is -0.498 e. The summed E-state index contributed by atoms with van der Waals surface area (Å²) in [4.78, 5) is 22.9. The first kappa shape index (κ1) is 16.1. The van der Waals surface area contributed by atoms with Crippen molar-refractivity contribution in [3.8, 4) is 0 Å². The van der Waals surface area contributed by atoms with E-state index in [2.05, 4.69) is 9.97 Å². The summed E-state index contributed by atoms with van der Waals surface area (Å²) in [7, 11) is 1.70. The zero-order valence-corrected chi connectivity index (χ0v) is 14.3. The maximum Gasteiger partial charge on any atom is 0.253 e. The monoisotopic (exact) mass is 319 g/mol. The summed E-state index contributed by atoms with van der Waals surface area (Å²) >= 11 is 0. The predicted molar refractivity (Wildman–Crippen MR) is 85.8 cm³/mol. The van der Waals surface area contributed by atoms with Crippen molar-refractivity contribution in [2.45, 2.75) is 52.2 Å². The second-order valence-corrected chi connectivity index (χ2v) is 6.39. The van der Waals surface area contributed by atoms with E-state index in [-0.39, 0.29) is 18.1 Å². The van der Waals surface area contributed by atoms with Gasteiger partial charge in [0.2, 0.25) is 0 Å². The van der Waals surface area contributed by atoms with E-state index in [0.29, 0.717) is 13.2 Å². The van der Waals surface area contributed by atoms with Crippen molar-refractivity contribution in [1.29, 1.82) is 0 Å². The van der Waals surface area contributed by atoms with Crippen LogP contribution in [-0.4, -0.2) is 47.1 Å². The number of amides is 1. The van der Waals surface area contributed by atoms with Gasteiger partial charge in [-0.25, -0.2) is 4.98 Å². The van der Waals surface area contributed by atoms with Crippen molar-refractivity contribution in [1.82, 2.24) is 14.9 Å². The minimum absolute atomic E-state index is 0.0417. The van der Waals surface area contributed by atoms with Gasteiger partial charge in [0.1, 0.15) is 11.6 Å². The van der Waals surface area contributed by atoms with Crippen LogP contribution in [0.2, 0.25) is 0 Å². The molecule has 2 atom stereocenters. The number of nitrogens with zero attached hydrogens (tertiary/aromatic N) is 2. The number of imidazole rings is 1. The molecule has 2 aliphatic rings. The molecule has 3 rings (SSSR count). The van der Waals surface area contributed by atoms with Crippen molar-refractivity contribution in [3.05, 3.63) is 28.5 Å². The van der Waals surface area contributed by atoms with E-state index in [1.165, 1.54) is 0 Å². The molecular formula is C17H25N3O3. The fraction of sp³-hybridized carbons (Fsp3) is 0.647. The van der Waals surface area contributed by atoms with Gasteiger partial charge >= 0.3 is 0 Å². The topological polar surface area (TPSA) is 67.5 Å². The summed E-state index contributed by atoms with van der Waals surface area (Å²) in [6.07, 6.45) is 2.48. The van der Waals surface area contributed by atoms with Crippen LogP contribution in [0.25, 0.3) is 0 Å². The van der Waals surface area contributed by atoms with Crippen LogP contribution in [0.5, 0.6) is 0 Å². The van der Waals surface area contributed by atoms with Gasteiger partial charge in [0.25, 0.3) is 5.91 Å². The molecule has 1 aromatic rings. The number of allylic oxidation sites excluding steroid dienone is 1. The first-order valence-corrected chi connectivity index (χ1v) is 8.20. The molecule has 0 spiro atoms. The Balaban J connectivity index is 1.89. The van der Waals surface area contributed by atoms with Crippen LogP contribution in [0.15, 0.2) is 11.3 Å². The molecule has 1 amide bonds. The number of aryl methyl sites for hydroxylation is 2. The molecule has 0 aromatic carbocycles. The van der Waals surface area contributed by atoms with Gasteiger partial charge in [-0.2, -0.15) is 0 Å². The Labute approximate surface area is 136 Å². The average Bonchev–Trinajstić information content (AvgIpc) is 3.11. The minimum atomic E-state index is -0.0675. The normalized spacial score (nSPS) is 25.0. The Hall–Kier alpha value is -1.82. The third-order valence-corrected chi connectivity index (χ3v) is 4.89. The number of H-pyrrole nitrogens is 1. The van der Waals surface area contributed by atoms with E-state index in [4.69, 9.17) is 9.47 Å². The lowest BCUT2D eigenvalue weighted by Crippen LogP contribution is -2.34. The zero-order valence-electron chi connectivity index (χ0n) is 14.3. The largest absolute Gasteiger partial charge is 0.498 e. The Kier molecular flexibility index (Phi) is 4.43. The molecule has 6 nitrogen and oxygen atoms in total. The number of carbonyl (C=O) groups excluding carboxylic acids is 1. The molecule has 0 aliphatic carbocycles. The lowest BCUT2D eigenvalue weighted by atomic mass is 10.1. The van der Waals surface area contributed by atoms with Crippen LogP contribution in [-0.2, 0) is 14.3 Å². The molecule has 3 heterocycles. The molecule has 6 heteroatoms. The number of aromatic amines is 1. The van der Waals surface area contributed by atoms with Gasteiger partial charge in [-0.15, -0.1) is 0 Å². The van der Waals surface area contributed by atoms with Crippen molar-refractivity contribution >= 4 is 5.91 Å². The summed E-state index contributed by atoms with van der Waals surface area (Å²) < 4.78 is 11.1. The van der Waals surface area contributed by atoms with Gasteiger partial charge in [-0.3, -0.25) is 4.79 Å². The Morgan fingerprint density at radius 2 is 2.17 bits per heavy atom. The van der Waals surface area contributed by atoms with Gasteiger partial charge in [0, 0.05) is 25.8 Å². The quantitative estimate of drug-likeness (QED) is 0.929. The number of hydrogen-bond acceptors (Lipinski definition) is 4. The number of carbonyl (C=O) groups is 1. The molecule has 2 aliphatic heterocycles. The highest BCUT2D eigenvalue weighted by Gasteiger charge is 2.39. The van der Waals surface area contributed by atoms with E-state index in [9.17, 15) is 4.79 Å². The Morgan fingerprint density at radius 1 is 1.39 bits per heavy atom. The molecule has 0 radical (unpaired) electrons. The third kappa shape index (κ3) is 3.00.